The fourth-order valence-corrected chi connectivity index (χ4v) is 4.60. The lowest BCUT2D eigenvalue weighted by molar-refractivity contribution is 0.601. The Labute approximate surface area is 166 Å². The van der Waals surface area contributed by atoms with Crippen molar-refractivity contribution < 1.29 is 8.42 Å². The fraction of sp³-hybridized carbons (Fsp3) is 0.105. The molecule has 7 nitrogen and oxygen atoms in total. The van der Waals surface area contributed by atoms with Crippen molar-refractivity contribution >= 4 is 48.9 Å². The van der Waals surface area contributed by atoms with Crippen LogP contribution < -0.4 is 10.0 Å². The zero-order valence-corrected chi connectivity index (χ0v) is 16.6. The molecule has 2 N–H and O–H groups in total. The summed E-state index contributed by atoms with van der Waals surface area (Å²) in [5.74, 6) is 0.973. The number of aryl methyl sites for hydroxylation is 1. The minimum Gasteiger partial charge on any atom is -0.340 e. The third-order valence-electron chi connectivity index (χ3n) is 4.06. The van der Waals surface area contributed by atoms with Gasteiger partial charge in [0.2, 0.25) is 0 Å². The zero-order chi connectivity index (χ0) is 19.6. The highest BCUT2D eigenvalue weighted by Crippen LogP contribution is 2.30. The summed E-state index contributed by atoms with van der Waals surface area (Å²) < 4.78 is 27.4. The summed E-state index contributed by atoms with van der Waals surface area (Å²) in [4.78, 5) is 14.9. The topological polar surface area (TPSA) is 96.9 Å². The Kier molecular flexibility index (Phi) is 4.93. The molecule has 0 spiro atoms. The normalized spacial score (nSPS) is 11.5. The van der Waals surface area contributed by atoms with Crippen LogP contribution in [0.4, 0.5) is 17.3 Å². The molecule has 0 fully saturated rings. The largest absolute Gasteiger partial charge is 0.340 e. The van der Waals surface area contributed by atoms with E-state index in [0.29, 0.717) is 5.82 Å². The summed E-state index contributed by atoms with van der Waals surface area (Å²) >= 11 is 1.64. The molecule has 9 heteroatoms. The first-order chi connectivity index (χ1) is 13.5. The number of thiophene rings is 1. The predicted molar refractivity (Wildman–Crippen MR) is 112 cm³/mol. The van der Waals surface area contributed by atoms with Gasteiger partial charge in [-0.25, -0.2) is 23.4 Å². The Morgan fingerprint density at radius 1 is 1.04 bits per heavy atom. The lowest BCUT2D eigenvalue weighted by Gasteiger charge is -2.09. The summed E-state index contributed by atoms with van der Waals surface area (Å²) in [6, 6.07) is 13.6. The predicted octanol–water partition coefficient (Wildman–Crippen LogP) is 4.19. The van der Waals surface area contributed by atoms with Crippen molar-refractivity contribution in [3.05, 3.63) is 65.9 Å². The molecule has 0 saturated carbocycles. The van der Waals surface area contributed by atoms with Gasteiger partial charge in [-0.05, 0) is 48.9 Å². The quantitative estimate of drug-likeness (QED) is 0.494. The molecule has 28 heavy (non-hydrogen) atoms. The van der Waals surface area contributed by atoms with E-state index in [-0.39, 0.29) is 10.7 Å². The van der Waals surface area contributed by atoms with Crippen LogP contribution in [-0.4, -0.2) is 23.4 Å². The number of sulfonamides is 1. The van der Waals surface area contributed by atoms with Crippen molar-refractivity contribution in [2.24, 2.45) is 0 Å². The van der Waals surface area contributed by atoms with Gasteiger partial charge in [-0.1, -0.05) is 13.0 Å². The first-order valence-electron chi connectivity index (χ1n) is 8.59. The van der Waals surface area contributed by atoms with Crippen LogP contribution in [0, 0.1) is 0 Å². The van der Waals surface area contributed by atoms with Crippen molar-refractivity contribution in [1.29, 1.82) is 0 Å². The average molecular weight is 412 g/mol. The van der Waals surface area contributed by atoms with E-state index in [2.05, 4.69) is 38.0 Å². The maximum atomic E-state index is 12.5. The van der Waals surface area contributed by atoms with Crippen LogP contribution in [0.3, 0.4) is 0 Å². The van der Waals surface area contributed by atoms with Gasteiger partial charge < -0.3 is 5.32 Å². The molecule has 0 atom stereocenters. The number of nitrogens with zero attached hydrogens (tertiary/aromatic N) is 3. The number of hydrogen-bond donors (Lipinski definition) is 2. The molecular formula is C19H17N5O2S2. The van der Waals surface area contributed by atoms with E-state index < -0.39 is 10.0 Å². The van der Waals surface area contributed by atoms with E-state index >= 15 is 0 Å². The molecule has 3 aromatic heterocycles. The molecule has 142 valence electrons. The Bertz CT molecular complexity index is 1210. The Morgan fingerprint density at radius 3 is 2.57 bits per heavy atom. The molecule has 0 aliphatic carbocycles. The van der Waals surface area contributed by atoms with Gasteiger partial charge in [0.25, 0.3) is 10.0 Å². The second kappa shape index (κ2) is 7.53. The highest BCUT2D eigenvalue weighted by atomic mass is 32.2. The average Bonchev–Trinajstić information content (AvgIpc) is 3.13. The molecule has 4 rings (SSSR count). The summed E-state index contributed by atoms with van der Waals surface area (Å²) in [7, 11) is -3.70. The van der Waals surface area contributed by atoms with Gasteiger partial charge in [0.1, 0.15) is 22.8 Å². The fourth-order valence-electron chi connectivity index (χ4n) is 2.65. The molecule has 0 aliphatic rings. The van der Waals surface area contributed by atoms with Crippen LogP contribution in [0.2, 0.25) is 0 Å². The van der Waals surface area contributed by atoms with Gasteiger partial charge in [-0.15, -0.1) is 11.3 Å². The van der Waals surface area contributed by atoms with Gasteiger partial charge in [0, 0.05) is 16.8 Å². The number of pyridine rings is 1. The van der Waals surface area contributed by atoms with Crippen molar-refractivity contribution in [3.8, 4) is 0 Å². The molecule has 0 aliphatic heterocycles. The van der Waals surface area contributed by atoms with E-state index in [9.17, 15) is 8.42 Å². The summed E-state index contributed by atoms with van der Waals surface area (Å²) in [6.45, 7) is 2.10. The van der Waals surface area contributed by atoms with Crippen LogP contribution in [0.1, 0.15) is 11.8 Å². The molecule has 1 aromatic carbocycles. The van der Waals surface area contributed by atoms with Crippen LogP contribution in [0.5, 0.6) is 0 Å². The Hall–Kier alpha value is -3.04. The van der Waals surface area contributed by atoms with E-state index in [0.717, 1.165) is 22.3 Å². The van der Waals surface area contributed by atoms with Gasteiger partial charge in [0.05, 0.1) is 10.3 Å². The SMILES string of the molecule is CCc1cc2c(Nc3ccc(S(=O)(=O)Nc4ccccn4)cc3)ncnc2s1. The monoisotopic (exact) mass is 411 g/mol. The molecule has 4 aromatic rings. The Balaban J connectivity index is 1.56. The highest BCUT2D eigenvalue weighted by molar-refractivity contribution is 7.92. The number of fused-ring (bicyclic) bond motifs is 1. The van der Waals surface area contributed by atoms with Crippen LogP contribution in [0.15, 0.2) is 66.0 Å². The van der Waals surface area contributed by atoms with Crippen molar-refractivity contribution in [1.82, 2.24) is 15.0 Å². The Morgan fingerprint density at radius 2 is 1.86 bits per heavy atom. The third-order valence-corrected chi connectivity index (χ3v) is 6.62. The van der Waals surface area contributed by atoms with Gasteiger partial charge in [-0.2, -0.15) is 0 Å². The minimum atomic E-state index is -3.70. The van der Waals surface area contributed by atoms with Crippen LogP contribution in [0.25, 0.3) is 10.2 Å². The van der Waals surface area contributed by atoms with Crippen LogP contribution in [-0.2, 0) is 16.4 Å². The van der Waals surface area contributed by atoms with Crippen molar-refractivity contribution in [2.75, 3.05) is 10.0 Å². The highest BCUT2D eigenvalue weighted by Gasteiger charge is 2.15. The number of benzene rings is 1. The molecule has 0 saturated heterocycles. The molecule has 3 heterocycles. The van der Waals surface area contributed by atoms with E-state index in [1.165, 1.54) is 29.5 Å². The van der Waals surface area contributed by atoms with Gasteiger partial charge >= 0.3 is 0 Å². The standard InChI is InChI=1S/C19H17N5O2S2/c1-2-14-11-16-18(21-12-22-19(16)27-14)23-13-6-8-15(9-7-13)28(25,26)24-17-5-3-4-10-20-17/h3-12H,2H2,1H3,(H,20,24)(H,21,22,23). The third kappa shape index (κ3) is 3.80. The van der Waals surface area contributed by atoms with E-state index in [1.807, 2.05) is 0 Å². The second-order valence-corrected chi connectivity index (χ2v) is 8.77. The maximum Gasteiger partial charge on any atom is 0.263 e. The van der Waals surface area contributed by atoms with Gasteiger partial charge in [-0.3, -0.25) is 4.72 Å². The number of hydrogen-bond acceptors (Lipinski definition) is 7. The molecule has 0 bridgehead atoms. The molecular weight excluding hydrogens is 394 g/mol. The maximum absolute atomic E-state index is 12.5. The second-order valence-electron chi connectivity index (χ2n) is 5.98. The number of aromatic nitrogens is 3. The minimum absolute atomic E-state index is 0.153. The summed E-state index contributed by atoms with van der Waals surface area (Å²) in [5.41, 5.74) is 0.737. The van der Waals surface area contributed by atoms with Crippen molar-refractivity contribution in [3.63, 3.8) is 0 Å². The molecule has 0 unspecified atom stereocenters. The lowest BCUT2D eigenvalue weighted by Crippen LogP contribution is -2.13. The lowest BCUT2D eigenvalue weighted by atomic mass is 10.3. The van der Waals surface area contributed by atoms with E-state index in [1.54, 1.807) is 41.7 Å². The van der Waals surface area contributed by atoms with Crippen molar-refractivity contribution in [2.45, 2.75) is 18.2 Å². The smallest absolute Gasteiger partial charge is 0.263 e. The number of rotatable bonds is 6. The first-order valence-corrected chi connectivity index (χ1v) is 10.9. The van der Waals surface area contributed by atoms with Gasteiger partial charge in [0.15, 0.2) is 0 Å². The molecule has 0 amide bonds. The number of anilines is 3. The van der Waals surface area contributed by atoms with Crippen LogP contribution >= 0.6 is 11.3 Å². The zero-order valence-electron chi connectivity index (χ0n) is 15.0. The summed E-state index contributed by atoms with van der Waals surface area (Å²) in [6.07, 6.45) is 3.99. The number of nitrogens with one attached hydrogen (secondary N) is 2. The molecule has 0 radical (unpaired) electrons. The summed E-state index contributed by atoms with van der Waals surface area (Å²) in [5, 5.41) is 4.20. The first kappa shape index (κ1) is 18.3. The van der Waals surface area contributed by atoms with E-state index in [4.69, 9.17) is 0 Å².